The second-order valence-corrected chi connectivity index (χ2v) is 5.95. The second-order valence-electron chi connectivity index (χ2n) is 4.22. The number of carbonyl (C=O) groups is 1. The third-order valence-corrected chi connectivity index (χ3v) is 4.12. The summed E-state index contributed by atoms with van der Waals surface area (Å²) in [5.41, 5.74) is 0.954. The summed E-state index contributed by atoms with van der Waals surface area (Å²) in [7, 11) is 0. The maximum atomic E-state index is 13.6. The van der Waals surface area contributed by atoms with E-state index in [1.165, 1.54) is 16.7 Å². The molecule has 0 bridgehead atoms. The number of halogens is 2. The van der Waals surface area contributed by atoms with Gasteiger partial charge in [-0.15, -0.1) is 0 Å². The van der Waals surface area contributed by atoms with Gasteiger partial charge < -0.3 is 9.88 Å². The SMILES string of the molecule is Cc1csc(=O)n1CCC(=O)Nc1ccc(Br)cc1F. The number of amides is 1. The molecule has 0 radical (unpaired) electrons. The number of hydrogen-bond acceptors (Lipinski definition) is 3. The van der Waals surface area contributed by atoms with Crippen LogP contribution in [0.15, 0.2) is 32.8 Å². The average Bonchev–Trinajstić information content (AvgIpc) is 2.70. The highest BCUT2D eigenvalue weighted by molar-refractivity contribution is 9.10. The molecule has 0 spiro atoms. The lowest BCUT2D eigenvalue weighted by molar-refractivity contribution is -0.116. The molecule has 1 amide bonds. The van der Waals surface area contributed by atoms with Crippen molar-refractivity contribution in [3.05, 3.63) is 49.2 Å². The lowest BCUT2D eigenvalue weighted by Gasteiger charge is -2.07. The number of hydrogen-bond donors (Lipinski definition) is 1. The third kappa shape index (κ3) is 3.55. The molecule has 0 fully saturated rings. The van der Waals surface area contributed by atoms with E-state index in [1.54, 1.807) is 11.4 Å². The molecular weight excluding hydrogens is 347 g/mol. The molecule has 1 aromatic heterocycles. The third-order valence-electron chi connectivity index (χ3n) is 2.74. The zero-order chi connectivity index (χ0) is 14.7. The number of thiazole rings is 1. The lowest BCUT2D eigenvalue weighted by atomic mass is 10.3. The van der Waals surface area contributed by atoms with Crippen LogP contribution >= 0.6 is 27.3 Å². The van der Waals surface area contributed by atoms with Gasteiger partial charge >= 0.3 is 4.87 Å². The number of carbonyl (C=O) groups excluding carboxylic acids is 1. The van der Waals surface area contributed by atoms with Crippen LogP contribution in [0.4, 0.5) is 10.1 Å². The van der Waals surface area contributed by atoms with Gasteiger partial charge in [0.15, 0.2) is 0 Å². The first-order valence-electron chi connectivity index (χ1n) is 5.87. The van der Waals surface area contributed by atoms with Crippen molar-refractivity contribution in [3.63, 3.8) is 0 Å². The minimum Gasteiger partial charge on any atom is -0.324 e. The number of benzene rings is 1. The topological polar surface area (TPSA) is 51.1 Å². The maximum absolute atomic E-state index is 13.6. The number of nitrogens with one attached hydrogen (secondary N) is 1. The highest BCUT2D eigenvalue weighted by atomic mass is 79.9. The van der Waals surface area contributed by atoms with E-state index >= 15 is 0 Å². The molecule has 4 nitrogen and oxygen atoms in total. The van der Waals surface area contributed by atoms with Crippen LogP contribution in [0.3, 0.4) is 0 Å². The quantitative estimate of drug-likeness (QED) is 0.912. The van der Waals surface area contributed by atoms with Crippen molar-refractivity contribution in [2.45, 2.75) is 19.9 Å². The van der Waals surface area contributed by atoms with Crippen molar-refractivity contribution >= 4 is 38.9 Å². The Morgan fingerprint density at radius 1 is 1.50 bits per heavy atom. The summed E-state index contributed by atoms with van der Waals surface area (Å²) in [5.74, 6) is -0.833. The maximum Gasteiger partial charge on any atom is 0.307 e. The molecule has 0 saturated heterocycles. The number of aryl methyl sites for hydroxylation is 1. The van der Waals surface area contributed by atoms with Gasteiger partial charge in [-0.2, -0.15) is 0 Å². The van der Waals surface area contributed by atoms with Gasteiger partial charge in [-0.1, -0.05) is 27.3 Å². The van der Waals surface area contributed by atoms with Gasteiger partial charge in [0, 0.05) is 28.5 Å². The molecule has 0 aliphatic rings. The molecule has 1 heterocycles. The van der Waals surface area contributed by atoms with E-state index in [4.69, 9.17) is 0 Å². The fraction of sp³-hybridized carbons (Fsp3) is 0.231. The highest BCUT2D eigenvalue weighted by Gasteiger charge is 2.09. The Morgan fingerprint density at radius 2 is 2.25 bits per heavy atom. The average molecular weight is 359 g/mol. The monoisotopic (exact) mass is 358 g/mol. The van der Waals surface area contributed by atoms with E-state index in [9.17, 15) is 14.0 Å². The fourth-order valence-electron chi connectivity index (χ4n) is 1.69. The number of anilines is 1. The zero-order valence-corrected chi connectivity index (χ0v) is 13.1. The van der Waals surface area contributed by atoms with Crippen molar-refractivity contribution in [1.29, 1.82) is 0 Å². The van der Waals surface area contributed by atoms with Crippen LogP contribution in [0.1, 0.15) is 12.1 Å². The van der Waals surface area contributed by atoms with Crippen molar-refractivity contribution in [3.8, 4) is 0 Å². The molecule has 0 unspecified atom stereocenters. The van der Waals surface area contributed by atoms with E-state index in [0.717, 1.165) is 17.0 Å². The summed E-state index contributed by atoms with van der Waals surface area (Å²) in [6.45, 7) is 2.10. The van der Waals surface area contributed by atoms with Crippen LogP contribution in [0.25, 0.3) is 0 Å². The normalized spacial score (nSPS) is 10.6. The Bertz CT molecular complexity index is 696. The van der Waals surface area contributed by atoms with E-state index in [2.05, 4.69) is 21.2 Å². The minimum absolute atomic E-state index is 0.0925. The summed E-state index contributed by atoms with van der Waals surface area (Å²) >= 11 is 4.25. The first-order chi connectivity index (χ1) is 9.47. The summed E-state index contributed by atoms with van der Waals surface area (Å²) < 4.78 is 15.7. The lowest BCUT2D eigenvalue weighted by Crippen LogP contribution is -2.20. The molecule has 0 saturated carbocycles. The fourth-order valence-corrected chi connectivity index (χ4v) is 2.79. The van der Waals surface area contributed by atoms with Crippen molar-refractivity contribution in [2.75, 3.05) is 5.32 Å². The predicted octanol–water partition coefficient (Wildman–Crippen LogP) is 3.15. The van der Waals surface area contributed by atoms with Crippen LogP contribution in [0.2, 0.25) is 0 Å². The Balaban J connectivity index is 1.98. The summed E-state index contributed by atoms with van der Waals surface area (Å²) in [5, 5.41) is 4.24. The Morgan fingerprint density at radius 3 is 2.85 bits per heavy atom. The number of aromatic nitrogens is 1. The number of rotatable bonds is 4. The molecule has 0 atom stereocenters. The molecule has 106 valence electrons. The van der Waals surface area contributed by atoms with E-state index < -0.39 is 5.82 Å². The molecular formula is C13H12BrFN2O2S. The highest BCUT2D eigenvalue weighted by Crippen LogP contribution is 2.19. The van der Waals surface area contributed by atoms with Gasteiger partial charge in [0.1, 0.15) is 5.82 Å². The molecule has 2 aromatic rings. The Labute approximate surface area is 127 Å². The number of nitrogens with zero attached hydrogens (tertiary/aromatic N) is 1. The van der Waals surface area contributed by atoms with Gasteiger partial charge in [-0.25, -0.2) is 4.39 Å². The first kappa shape index (κ1) is 14.9. The van der Waals surface area contributed by atoms with E-state index in [1.807, 2.05) is 6.92 Å². The summed E-state index contributed by atoms with van der Waals surface area (Å²) in [4.78, 5) is 23.2. The van der Waals surface area contributed by atoms with E-state index in [0.29, 0.717) is 4.47 Å². The van der Waals surface area contributed by atoms with Crippen molar-refractivity contribution in [2.24, 2.45) is 0 Å². The largest absolute Gasteiger partial charge is 0.324 e. The van der Waals surface area contributed by atoms with Gasteiger partial charge in [-0.3, -0.25) is 9.59 Å². The molecule has 2 rings (SSSR count). The predicted molar refractivity (Wildman–Crippen MR) is 80.7 cm³/mol. The van der Waals surface area contributed by atoms with Crippen LogP contribution in [0, 0.1) is 12.7 Å². The van der Waals surface area contributed by atoms with Crippen LogP contribution in [0.5, 0.6) is 0 Å². The molecule has 0 aliphatic heterocycles. The van der Waals surface area contributed by atoms with Gasteiger partial charge in [0.25, 0.3) is 0 Å². The van der Waals surface area contributed by atoms with Gasteiger partial charge in [0.05, 0.1) is 5.69 Å². The van der Waals surface area contributed by atoms with Crippen LogP contribution in [-0.2, 0) is 11.3 Å². The van der Waals surface area contributed by atoms with Crippen molar-refractivity contribution in [1.82, 2.24) is 4.57 Å². The second kappa shape index (κ2) is 6.32. The summed E-state index contributed by atoms with van der Waals surface area (Å²) in [6, 6.07) is 4.41. The summed E-state index contributed by atoms with van der Waals surface area (Å²) in [6.07, 6.45) is 0.118. The van der Waals surface area contributed by atoms with E-state index in [-0.39, 0.29) is 29.4 Å². The van der Waals surface area contributed by atoms with Crippen LogP contribution < -0.4 is 10.2 Å². The standard InChI is InChI=1S/C13H12BrFN2O2S/c1-8-7-20-13(19)17(8)5-4-12(18)16-11-3-2-9(14)6-10(11)15/h2-3,6-7H,4-5H2,1H3,(H,16,18). The van der Waals surface area contributed by atoms with Crippen molar-refractivity contribution < 1.29 is 9.18 Å². The Kier molecular flexibility index (Phi) is 4.72. The zero-order valence-electron chi connectivity index (χ0n) is 10.7. The van der Waals surface area contributed by atoms with Crippen LogP contribution in [-0.4, -0.2) is 10.5 Å². The molecule has 20 heavy (non-hydrogen) atoms. The smallest absolute Gasteiger partial charge is 0.307 e. The Hall–Kier alpha value is -1.47. The van der Waals surface area contributed by atoms with Gasteiger partial charge in [0.2, 0.25) is 5.91 Å². The first-order valence-corrected chi connectivity index (χ1v) is 7.54. The molecule has 7 heteroatoms. The molecule has 1 aromatic carbocycles. The van der Waals surface area contributed by atoms with Gasteiger partial charge in [-0.05, 0) is 25.1 Å². The minimum atomic E-state index is -0.503. The molecule has 1 N–H and O–H groups in total. The molecule has 0 aliphatic carbocycles.